The molecular weight excluding hydrogens is 430 g/mol. The molecule has 6 nitrogen and oxygen atoms in total. The molecule has 2 aliphatic rings. The van der Waals surface area contributed by atoms with Crippen LogP contribution in [-0.4, -0.2) is 42.9 Å². The van der Waals surface area contributed by atoms with Crippen molar-refractivity contribution < 1.29 is 23.9 Å². The van der Waals surface area contributed by atoms with Crippen LogP contribution < -0.4 is 0 Å². The number of carbonyl (C=O) groups excluding carboxylic acids is 3. The van der Waals surface area contributed by atoms with Crippen LogP contribution in [0.25, 0.3) is 0 Å². The maximum absolute atomic E-state index is 13.8. The van der Waals surface area contributed by atoms with Crippen LogP contribution in [0.5, 0.6) is 0 Å². The molecule has 0 bridgehead atoms. The van der Waals surface area contributed by atoms with Crippen molar-refractivity contribution in [2.24, 2.45) is 11.8 Å². The van der Waals surface area contributed by atoms with Gasteiger partial charge >= 0.3 is 17.9 Å². The van der Waals surface area contributed by atoms with Crippen LogP contribution in [0.15, 0.2) is 60.7 Å². The van der Waals surface area contributed by atoms with E-state index in [1.165, 1.54) is 0 Å². The number of nitrogens with zero attached hydrogens (tertiary/aromatic N) is 1. The highest BCUT2D eigenvalue weighted by Gasteiger charge is 2.54. The molecule has 0 radical (unpaired) electrons. The molecule has 1 aliphatic carbocycles. The van der Waals surface area contributed by atoms with Crippen molar-refractivity contribution in [3.8, 4) is 0 Å². The highest BCUT2D eigenvalue weighted by atomic mass is 16.6. The SMILES string of the molecule is CN1CCC(CC(=O)OC(=O)C(OC(=O)c2ccccc2)(c2ccccc2)C2CCCC2)CC1. The summed E-state index contributed by atoms with van der Waals surface area (Å²) >= 11 is 0. The first-order valence-electron chi connectivity index (χ1n) is 12.3. The third kappa shape index (κ3) is 5.39. The quantitative estimate of drug-likeness (QED) is 0.437. The van der Waals surface area contributed by atoms with Crippen molar-refractivity contribution >= 4 is 17.9 Å². The predicted octanol–water partition coefficient (Wildman–Crippen LogP) is 4.73. The van der Waals surface area contributed by atoms with Gasteiger partial charge in [-0.3, -0.25) is 4.79 Å². The Kier molecular flexibility index (Phi) is 7.78. The molecule has 1 aliphatic heterocycles. The Hall–Kier alpha value is -2.99. The zero-order valence-electron chi connectivity index (χ0n) is 19.8. The minimum Gasteiger partial charge on any atom is -0.438 e. The lowest BCUT2D eigenvalue weighted by Crippen LogP contribution is -2.48. The number of rotatable bonds is 7. The Morgan fingerprint density at radius 2 is 1.47 bits per heavy atom. The fourth-order valence-electron chi connectivity index (χ4n) is 5.22. The molecule has 1 saturated carbocycles. The minimum absolute atomic E-state index is 0.195. The van der Waals surface area contributed by atoms with Gasteiger partial charge in [-0.05, 0) is 63.9 Å². The zero-order chi connectivity index (χ0) is 24.0. The molecule has 0 spiro atoms. The summed E-state index contributed by atoms with van der Waals surface area (Å²) in [5, 5.41) is 0. The smallest absolute Gasteiger partial charge is 0.363 e. The average molecular weight is 464 g/mol. The number of hydrogen-bond donors (Lipinski definition) is 0. The Bertz CT molecular complexity index is 978. The highest BCUT2D eigenvalue weighted by Crippen LogP contribution is 2.45. The van der Waals surface area contributed by atoms with E-state index in [0.29, 0.717) is 11.1 Å². The standard InChI is InChI=1S/C28H33NO5/c1-29-18-16-21(17-19-29)20-25(30)33-27(32)28(24-14-8-9-15-24,23-12-6-3-7-13-23)34-26(31)22-10-4-2-5-11-22/h2-7,10-13,21,24H,8-9,14-20H2,1H3. The van der Waals surface area contributed by atoms with Crippen molar-refractivity contribution in [3.05, 3.63) is 71.8 Å². The second-order valence-electron chi connectivity index (χ2n) is 9.55. The van der Waals surface area contributed by atoms with Gasteiger partial charge in [0.1, 0.15) is 0 Å². The van der Waals surface area contributed by atoms with Gasteiger partial charge in [0.2, 0.25) is 5.60 Å². The molecule has 34 heavy (non-hydrogen) atoms. The fourth-order valence-corrected chi connectivity index (χ4v) is 5.22. The second kappa shape index (κ2) is 11.0. The molecule has 2 aromatic carbocycles. The summed E-state index contributed by atoms with van der Waals surface area (Å²) in [5.41, 5.74) is -0.762. The Labute approximate surface area is 201 Å². The van der Waals surface area contributed by atoms with Gasteiger partial charge in [-0.2, -0.15) is 0 Å². The van der Waals surface area contributed by atoms with Gasteiger partial charge in [-0.1, -0.05) is 61.4 Å². The molecule has 1 heterocycles. The molecule has 0 N–H and O–H groups in total. The van der Waals surface area contributed by atoms with Crippen LogP contribution >= 0.6 is 0 Å². The lowest BCUT2D eigenvalue weighted by Gasteiger charge is -2.36. The first-order chi connectivity index (χ1) is 16.5. The normalized spacial score (nSPS) is 19.3. The number of esters is 3. The number of piperidine rings is 1. The fraction of sp³-hybridized carbons (Fsp3) is 0.464. The van der Waals surface area contributed by atoms with Crippen LogP contribution in [0.4, 0.5) is 0 Å². The van der Waals surface area contributed by atoms with E-state index in [1.807, 2.05) is 24.3 Å². The van der Waals surface area contributed by atoms with Gasteiger partial charge < -0.3 is 14.4 Å². The summed E-state index contributed by atoms with van der Waals surface area (Å²) in [7, 11) is 2.06. The van der Waals surface area contributed by atoms with E-state index in [1.54, 1.807) is 36.4 Å². The predicted molar refractivity (Wildman–Crippen MR) is 128 cm³/mol. The monoisotopic (exact) mass is 463 g/mol. The molecule has 6 heteroatoms. The highest BCUT2D eigenvalue weighted by molar-refractivity contribution is 5.96. The minimum atomic E-state index is -1.66. The first-order valence-corrected chi connectivity index (χ1v) is 12.3. The van der Waals surface area contributed by atoms with Gasteiger partial charge in [0.05, 0.1) is 5.56 Å². The zero-order valence-corrected chi connectivity index (χ0v) is 19.8. The van der Waals surface area contributed by atoms with Gasteiger partial charge in [-0.15, -0.1) is 0 Å². The first kappa shape index (κ1) is 24.1. The number of hydrogen-bond acceptors (Lipinski definition) is 6. The molecule has 1 saturated heterocycles. The topological polar surface area (TPSA) is 72.9 Å². The molecule has 0 aromatic heterocycles. The van der Waals surface area contributed by atoms with Gasteiger partial charge in [0.25, 0.3) is 0 Å². The number of benzene rings is 2. The number of ether oxygens (including phenoxy) is 2. The van der Waals surface area contributed by atoms with Crippen LogP contribution in [0.2, 0.25) is 0 Å². The van der Waals surface area contributed by atoms with E-state index in [-0.39, 0.29) is 18.3 Å². The lowest BCUT2D eigenvalue weighted by atomic mass is 9.79. The van der Waals surface area contributed by atoms with E-state index in [2.05, 4.69) is 11.9 Å². The molecule has 2 fully saturated rings. The molecule has 180 valence electrons. The van der Waals surface area contributed by atoms with Crippen molar-refractivity contribution in [1.29, 1.82) is 0 Å². The van der Waals surface area contributed by atoms with E-state index in [0.717, 1.165) is 51.6 Å². The summed E-state index contributed by atoms with van der Waals surface area (Å²) in [4.78, 5) is 42.1. The number of likely N-dealkylation sites (tertiary alicyclic amines) is 1. The van der Waals surface area contributed by atoms with E-state index < -0.39 is 23.5 Å². The van der Waals surface area contributed by atoms with Crippen molar-refractivity contribution in [3.63, 3.8) is 0 Å². The maximum atomic E-state index is 13.8. The van der Waals surface area contributed by atoms with Crippen molar-refractivity contribution in [2.45, 2.75) is 50.5 Å². The van der Waals surface area contributed by atoms with Crippen molar-refractivity contribution in [2.75, 3.05) is 20.1 Å². The Morgan fingerprint density at radius 1 is 0.882 bits per heavy atom. The van der Waals surface area contributed by atoms with Crippen LogP contribution in [0.1, 0.15) is 60.9 Å². The van der Waals surface area contributed by atoms with Crippen LogP contribution in [0, 0.1) is 11.8 Å². The van der Waals surface area contributed by atoms with E-state index >= 15 is 0 Å². The third-order valence-corrected chi connectivity index (χ3v) is 7.20. The van der Waals surface area contributed by atoms with Gasteiger partial charge in [-0.25, -0.2) is 9.59 Å². The lowest BCUT2D eigenvalue weighted by molar-refractivity contribution is -0.181. The molecule has 2 aromatic rings. The van der Waals surface area contributed by atoms with E-state index in [9.17, 15) is 14.4 Å². The van der Waals surface area contributed by atoms with E-state index in [4.69, 9.17) is 9.47 Å². The Balaban J connectivity index is 1.62. The second-order valence-corrected chi connectivity index (χ2v) is 9.55. The molecule has 1 unspecified atom stereocenters. The third-order valence-electron chi connectivity index (χ3n) is 7.20. The summed E-state index contributed by atoms with van der Waals surface area (Å²) in [6.07, 6.45) is 5.29. The summed E-state index contributed by atoms with van der Waals surface area (Å²) in [6, 6.07) is 17.6. The summed E-state index contributed by atoms with van der Waals surface area (Å²) < 4.78 is 11.6. The van der Waals surface area contributed by atoms with Crippen LogP contribution in [0.3, 0.4) is 0 Å². The maximum Gasteiger partial charge on any atom is 0.363 e. The number of carbonyl (C=O) groups is 3. The van der Waals surface area contributed by atoms with Crippen molar-refractivity contribution in [1.82, 2.24) is 4.90 Å². The largest absolute Gasteiger partial charge is 0.438 e. The van der Waals surface area contributed by atoms with Gasteiger partial charge in [0.15, 0.2) is 0 Å². The molecular formula is C28H33NO5. The summed E-state index contributed by atoms with van der Waals surface area (Å²) in [5.74, 6) is -2.00. The summed E-state index contributed by atoms with van der Waals surface area (Å²) in [6.45, 7) is 1.85. The molecule has 0 amide bonds. The average Bonchev–Trinajstić information content (AvgIpc) is 3.40. The van der Waals surface area contributed by atoms with Crippen LogP contribution in [-0.2, 0) is 24.7 Å². The molecule has 1 atom stereocenters. The van der Waals surface area contributed by atoms with Gasteiger partial charge in [0, 0.05) is 17.9 Å². The Morgan fingerprint density at radius 3 is 2.09 bits per heavy atom. The molecule has 4 rings (SSSR count).